The highest BCUT2D eigenvalue weighted by molar-refractivity contribution is 5.95. The van der Waals surface area contributed by atoms with Gasteiger partial charge in [-0.25, -0.2) is 19.0 Å². The second kappa shape index (κ2) is 6.79. The van der Waals surface area contributed by atoms with Crippen molar-refractivity contribution in [3.63, 3.8) is 0 Å². The number of aromatic nitrogens is 4. The van der Waals surface area contributed by atoms with Gasteiger partial charge in [0.2, 0.25) is 0 Å². The number of methoxy groups -OCH3 is 1. The molecule has 0 atom stereocenters. The highest BCUT2D eigenvalue weighted by Gasteiger charge is 2.33. The van der Waals surface area contributed by atoms with Crippen LogP contribution in [0, 0.1) is 5.82 Å². The van der Waals surface area contributed by atoms with E-state index in [1.165, 1.54) is 19.4 Å². The number of benzene rings is 1. The zero-order valence-electron chi connectivity index (χ0n) is 14.9. The van der Waals surface area contributed by atoms with E-state index >= 15 is 0 Å². The van der Waals surface area contributed by atoms with Gasteiger partial charge in [-0.3, -0.25) is 4.79 Å². The maximum absolute atomic E-state index is 14.0. The number of nitrogens with one attached hydrogen (secondary N) is 1. The summed E-state index contributed by atoms with van der Waals surface area (Å²) in [6, 6.07) is 6.35. The number of carbonyl (C=O) groups is 1. The van der Waals surface area contributed by atoms with Crippen LogP contribution in [0.3, 0.4) is 0 Å². The number of ether oxygens (including phenoxy) is 1. The molecule has 1 aromatic carbocycles. The molecule has 1 N–H and O–H groups in total. The minimum absolute atomic E-state index is 0.173. The van der Waals surface area contributed by atoms with Crippen molar-refractivity contribution in [1.82, 2.24) is 25.1 Å². The molecular formula is C19H18FN5O2. The Hall–Kier alpha value is -3.29. The summed E-state index contributed by atoms with van der Waals surface area (Å²) < 4.78 is 20.6. The van der Waals surface area contributed by atoms with Gasteiger partial charge in [-0.2, -0.15) is 5.10 Å². The minimum Gasteiger partial charge on any atom is -0.494 e. The number of hydrogen-bond donors (Lipinski definition) is 1. The molecular weight excluding hydrogens is 349 g/mol. The van der Waals surface area contributed by atoms with Crippen molar-refractivity contribution in [2.75, 3.05) is 14.2 Å². The Morgan fingerprint density at radius 1 is 1.33 bits per heavy atom. The summed E-state index contributed by atoms with van der Waals surface area (Å²) in [7, 11) is 3.01. The molecule has 3 aromatic rings. The van der Waals surface area contributed by atoms with E-state index in [-0.39, 0.29) is 17.6 Å². The smallest absolute Gasteiger partial charge is 0.254 e. The Labute approximate surface area is 155 Å². The largest absolute Gasteiger partial charge is 0.494 e. The van der Waals surface area contributed by atoms with Crippen LogP contribution in [-0.2, 0) is 0 Å². The van der Waals surface area contributed by atoms with Crippen LogP contribution in [-0.4, -0.2) is 39.8 Å². The van der Waals surface area contributed by atoms with E-state index in [1.54, 1.807) is 36.1 Å². The molecule has 1 amide bonds. The summed E-state index contributed by atoms with van der Waals surface area (Å²) in [4.78, 5) is 21.0. The van der Waals surface area contributed by atoms with Gasteiger partial charge in [0.1, 0.15) is 0 Å². The summed E-state index contributed by atoms with van der Waals surface area (Å²) in [5.74, 6) is 0.143. The number of rotatable bonds is 5. The van der Waals surface area contributed by atoms with Gasteiger partial charge in [-0.05, 0) is 37.1 Å². The van der Waals surface area contributed by atoms with Crippen molar-refractivity contribution in [3.8, 4) is 23.0 Å². The molecule has 1 saturated carbocycles. The molecule has 27 heavy (non-hydrogen) atoms. The van der Waals surface area contributed by atoms with Crippen molar-refractivity contribution in [3.05, 3.63) is 53.7 Å². The molecule has 0 bridgehead atoms. The first-order chi connectivity index (χ1) is 13.1. The molecule has 4 rings (SSSR count). The lowest BCUT2D eigenvalue weighted by Gasteiger charge is -2.09. The van der Waals surface area contributed by atoms with Crippen LogP contribution in [0.4, 0.5) is 4.39 Å². The number of nitrogens with zero attached hydrogens (tertiary/aromatic N) is 4. The van der Waals surface area contributed by atoms with Crippen molar-refractivity contribution < 1.29 is 13.9 Å². The molecule has 1 aliphatic rings. The molecule has 7 nitrogen and oxygen atoms in total. The Morgan fingerprint density at radius 3 is 2.81 bits per heavy atom. The predicted molar refractivity (Wildman–Crippen MR) is 96.5 cm³/mol. The first kappa shape index (κ1) is 17.1. The van der Waals surface area contributed by atoms with E-state index in [1.807, 2.05) is 0 Å². The highest BCUT2D eigenvalue weighted by atomic mass is 19.1. The summed E-state index contributed by atoms with van der Waals surface area (Å²) >= 11 is 0. The average molecular weight is 367 g/mol. The monoisotopic (exact) mass is 367 g/mol. The number of amides is 1. The average Bonchev–Trinajstić information content (AvgIpc) is 3.45. The molecule has 8 heteroatoms. The Bertz CT molecular complexity index is 1010. The maximum atomic E-state index is 14.0. The van der Waals surface area contributed by atoms with Crippen LogP contribution in [0.5, 0.6) is 5.75 Å². The third kappa shape index (κ3) is 3.14. The fourth-order valence-corrected chi connectivity index (χ4v) is 3.01. The van der Waals surface area contributed by atoms with E-state index in [9.17, 15) is 9.18 Å². The molecule has 138 valence electrons. The van der Waals surface area contributed by atoms with Crippen molar-refractivity contribution >= 4 is 5.91 Å². The van der Waals surface area contributed by atoms with E-state index in [2.05, 4.69) is 20.4 Å². The third-order valence-electron chi connectivity index (χ3n) is 4.52. The van der Waals surface area contributed by atoms with Gasteiger partial charge in [-0.1, -0.05) is 0 Å². The van der Waals surface area contributed by atoms with Gasteiger partial charge in [0, 0.05) is 24.7 Å². The van der Waals surface area contributed by atoms with Gasteiger partial charge in [0.15, 0.2) is 11.6 Å². The van der Waals surface area contributed by atoms with E-state index in [4.69, 9.17) is 4.74 Å². The van der Waals surface area contributed by atoms with Gasteiger partial charge in [0.05, 0.1) is 30.3 Å². The molecule has 2 aromatic heterocycles. The van der Waals surface area contributed by atoms with Crippen LogP contribution in [0.15, 0.2) is 36.7 Å². The van der Waals surface area contributed by atoms with E-state index < -0.39 is 5.82 Å². The lowest BCUT2D eigenvalue weighted by atomic mass is 10.1. The van der Waals surface area contributed by atoms with E-state index in [0.717, 1.165) is 18.5 Å². The maximum Gasteiger partial charge on any atom is 0.254 e. The van der Waals surface area contributed by atoms with Crippen molar-refractivity contribution in [2.24, 2.45) is 0 Å². The summed E-state index contributed by atoms with van der Waals surface area (Å²) in [5.41, 5.74) is 2.50. The minimum atomic E-state index is -0.463. The van der Waals surface area contributed by atoms with Crippen LogP contribution in [0.1, 0.15) is 34.8 Å². The lowest BCUT2D eigenvalue weighted by Crippen LogP contribution is -2.19. The van der Waals surface area contributed by atoms with Crippen LogP contribution < -0.4 is 10.1 Å². The topological polar surface area (TPSA) is 81.9 Å². The first-order valence-corrected chi connectivity index (χ1v) is 8.59. The fraction of sp³-hybridized carbons (Fsp3) is 0.263. The molecule has 0 radical (unpaired) electrons. The SMILES string of the molecule is CNC(=O)c1cnn(-c2nccc(-c3ccc(OC)c(F)c3)n2)c1C1CC1. The molecule has 1 aliphatic carbocycles. The van der Waals surface area contributed by atoms with Crippen LogP contribution >= 0.6 is 0 Å². The summed E-state index contributed by atoms with van der Waals surface area (Å²) in [6.45, 7) is 0. The van der Waals surface area contributed by atoms with Crippen LogP contribution in [0.25, 0.3) is 17.2 Å². The Morgan fingerprint density at radius 2 is 2.15 bits per heavy atom. The standard InChI is InChI=1S/C19H18FN5O2/c1-21-18(26)13-10-23-25(17(13)11-3-4-11)19-22-8-7-15(24-19)12-5-6-16(27-2)14(20)9-12/h5-11H,3-4H2,1-2H3,(H,21,26). The zero-order chi connectivity index (χ0) is 19.0. The number of carbonyl (C=O) groups excluding carboxylic acids is 1. The number of halogens is 1. The molecule has 0 saturated heterocycles. The normalized spacial score (nSPS) is 13.4. The van der Waals surface area contributed by atoms with E-state index in [0.29, 0.717) is 22.8 Å². The van der Waals surface area contributed by atoms with Gasteiger partial charge in [-0.15, -0.1) is 0 Å². The molecule has 0 spiro atoms. The van der Waals surface area contributed by atoms with Gasteiger partial charge in [0.25, 0.3) is 11.9 Å². The molecule has 0 unspecified atom stereocenters. The Balaban J connectivity index is 1.76. The second-order valence-corrected chi connectivity index (χ2v) is 6.30. The summed E-state index contributed by atoms with van der Waals surface area (Å²) in [5, 5.41) is 6.97. The highest BCUT2D eigenvalue weighted by Crippen LogP contribution is 2.42. The second-order valence-electron chi connectivity index (χ2n) is 6.30. The summed E-state index contributed by atoms with van der Waals surface area (Å²) in [6.07, 6.45) is 5.13. The fourth-order valence-electron chi connectivity index (χ4n) is 3.01. The lowest BCUT2D eigenvalue weighted by molar-refractivity contribution is 0.0962. The Kier molecular flexibility index (Phi) is 4.31. The predicted octanol–water partition coefficient (Wildman–Crippen LogP) is 2.71. The van der Waals surface area contributed by atoms with Crippen LogP contribution in [0.2, 0.25) is 0 Å². The molecule has 2 heterocycles. The first-order valence-electron chi connectivity index (χ1n) is 8.59. The van der Waals surface area contributed by atoms with Crippen molar-refractivity contribution in [2.45, 2.75) is 18.8 Å². The van der Waals surface area contributed by atoms with Gasteiger partial charge >= 0.3 is 0 Å². The number of hydrogen-bond acceptors (Lipinski definition) is 5. The van der Waals surface area contributed by atoms with Crippen molar-refractivity contribution in [1.29, 1.82) is 0 Å². The van der Waals surface area contributed by atoms with Gasteiger partial charge < -0.3 is 10.1 Å². The quantitative estimate of drug-likeness (QED) is 0.750. The third-order valence-corrected chi connectivity index (χ3v) is 4.52. The molecule has 1 fully saturated rings. The zero-order valence-corrected chi connectivity index (χ0v) is 14.9. The molecule has 0 aliphatic heterocycles.